The summed E-state index contributed by atoms with van der Waals surface area (Å²) in [4.78, 5) is 9.63. The highest BCUT2D eigenvalue weighted by Crippen LogP contribution is 2.33. The monoisotopic (exact) mass is 300 g/mol. The molecule has 0 spiro atoms. The molecule has 0 bridgehead atoms. The summed E-state index contributed by atoms with van der Waals surface area (Å²) >= 11 is 0. The van der Waals surface area contributed by atoms with Gasteiger partial charge >= 0.3 is 0 Å². The van der Waals surface area contributed by atoms with Crippen LogP contribution < -0.4 is 0 Å². The number of aromatic nitrogens is 2. The fraction of sp³-hybridized carbons (Fsp3) is 0.375. The number of H-pyrrole nitrogens is 1. The first-order valence-corrected chi connectivity index (χ1v) is 7.16. The number of methoxy groups -OCH3 is 1. The molecule has 5 nitrogen and oxygen atoms in total. The highest BCUT2D eigenvalue weighted by Gasteiger charge is 2.34. The number of hydrogen-bond donors (Lipinski definition) is 1. The van der Waals surface area contributed by atoms with E-state index >= 15 is 0 Å². The molecular formula is C16H17FN4O. The smallest absolute Gasteiger partial charge is 0.123 e. The standard InChI is InChI=1S/C16H17FN4O/c1-22-14-7-15(16-19-4-5-20-16)21(10-14)9-12-6-13(17)3-2-11(12)8-18/h2-6,14-15H,7,9-10H2,1H3,(H,19,20)/t14-,15?/m1/s1. The molecule has 1 aromatic heterocycles. The van der Waals surface area contributed by atoms with Gasteiger partial charge in [-0.3, -0.25) is 4.90 Å². The van der Waals surface area contributed by atoms with Crippen molar-refractivity contribution in [1.82, 2.24) is 14.9 Å². The van der Waals surface area contributed by atoms with Crippen LogP contribution in [0.3, 0.4) is 0 Å². The number of rotatable bonds is 4. The van der Waals surface area contributed by atoms with E-state index in [-0.39, 0.29) is 18.0 Å². The molecule has 1 unspecified atom stereocenters. The highest BCUT2D eigenvalue weighted by atomic mass is 19.1. The molecule has 0 amide bonds. The Balaban J connectivity index is 1.86. The predicted octanol–water partition coefficient (Wildman–Crippen LogP) is 2.38. The Bertz CT molecular complexity index is 680. The lowest BCUT2D eigenvalue weighted by Gasteiger charge is -2.23. The molecule has 6 heteroatoms. The first-order valence-electron chi connectivity index (χ1n) is 7.16. The highest BCUT2D eigenvalue weighted by molar-refractivity contribution is 5.38. The molecular weight excluding hydrogens is 283 g/mol. The van der Waals surface area contributed by atoms with Gasteiger partial charge in [-0.05, 0) is 30.2 Å². The number of nitriles is 1. The van der Waals surface area contributed by atoms with Gasteiger partial charge in [0.25, 0.3) is 0 Å². The van der Waals surface area contributed by atoms with Crippen molar-refractivity contribution in [3.63, 3.8) is 0 Å². The van der Waals surface area contributed by atoms with Crippen LogP contribution in [-0.2, 0) is 11.3 Å². The van der Waals surface area contributed by atoms with Crippen molar-refractivity contribution < 1.29 is 9.13 Å². The number of nitrogens with zero attached hydrogens (tertiary/aromatic N) is 3. The Kier molecular flexibility index (Phi) is 4.18. The normalized spacial score (nSPS) is 21.9. The van der Waals surface area contributed by atoms with Crippen molar-refractivity contribution in [3.05, 3.63) is 53.4 Å². The van der Waals surface area contributed by atoms with Crippen LogP contribution in [0.1, 0.15) is 29.4 Å². The summed E-state index contributed by atoms with van der Waals surface area (Å²) in [6.07, 6.45) is 4.43. The topological polar surface area (TPSA) is 64.9 Å². The largest absolute Gasteiger partial charge is 0.380 e. The summed E-state index contributed by atoms with van der Waals surface area (Å²) in [5.41, 5.74) is 1.19. The number of ether oxygens (including phenoxy) is 1. The molecule has 2 atom stereocenters. The second kappa shape index (κ2) is 6.26. The molecule has 1 aliphatic rings. The number of aromatic amines is 1. The van der Waals surface area contributed by atoms with Crippen molar-refractivity contribution in [2.45, 2.75) is 25.1 Å². The van der Waals surface area contributed by atoms with Gasteiger partial charge in [0, 0.05) is 32.6 Å². The van der Waals surface area contributed by atoms with Crippen LogP contribution in [0.5, 0.6) is 0 Å². The number of benzene rings is 1. The molecule has 1 fully saturated rings. The van der Waals surface area contributed by atoms with E-state index in [2.05, 4.69) is 20.9 Å². The van der Waals surface area contributed by atoms with E-state index in [1.807, 2.05) is 0 Å². The van der Waals surface area contributed by atoms with Crippen molar-refractivity contribution in [2.75, 3.05) is 13.7 Å². The summed E-state index contributed by atoms with van der Waals surface area (Å²) in [6.45, 7) is 1.22. The Morgan fingerprint density at radius 2 is 2.41 bits per heavy atom. The van der Waals surface area contributed by atoms with Gasteiger partial charge in [-0.2, -0.15) is 5.26 Å². The molecule has 114 valence electrons. The summed E-state index contributed by atoms with van der Waals surface area (Å²) in [6, 6.07) is 6.47. The third-order valence-corrected chi connectivity index (χ3v) is 4.09. The maximum Gasteiger partial charge on any atom is 0.123 e. The second-order valence-electron chi connectivity index (χ2n) is 5.43. The third kappa shape index (κ3) is 2.86. The quantitative estimate of drug-likeness (QED) is 0.941. The first-order chi connectivity index (χ1) is 10.7. The molecule has 3 rings (SSSR count). The molecule has 2 aromatic rings. The Morgan fingerprint density at radius 3 is 3.09 bits per heavy atom. The van der Waals surface area contributed by atoms with Gasteiger partial charge < -0.3 is 9.72 Å². The number of likely N-dealkylation sites (tertiary alicyclic amines) is 1. The first kappa shape index (κ1) is 14.7. The maximum atomic E-state index is 13.5. The lowest BCUT2D eigenvalue weighted by Crippen LogP contribution is -2.25. The minimum atomic E-state index is -0.328. The number of halogens is 1. The van der Waals surface area contributed by atoms with E-state index in [1.165, 1.54) is 18.2 Å². The molecule has 1 aliphatic heterocycles. The van der Waals surface area contributed by atoms with Gasteiger partial charge in [0.15, 0.2) is 0 Å². The molecule has 0 radical (unpaired) electrons. The molecule has 0 saturated carbocycles. The van der Waals surface area contributed by atoms with Crippen LogP contribution in [0.4, 0.5) is 4.39 Å². The molecule has 22 heavy (non-hydrogen) atoms. The van der Waals surface area contributed by atoms with E-state index in [9.17, 15) is 9.65 Å². The van der Waals surface area contributed by atoms with E-state index in [1.54, 1.807) is 19.5 Å². The number of imidazole rings is 1. The summed E-state index contributed by atoms with van der Waals surface area (Å²) in [7, 11) is 1.69. The van der Waals surface area contributed by atoms with Crippen molar-refractivity contribution in [2.24, 2.45) is 0 Å². The fourth-order valence-corrected chi connectivity index (χ4v) is 2.97. The van der Waals surface area contributed by atoms with Crippen LogP contribution in [0.2, 0.25) is 0 Å². The van der Waals surface area contributed by atoms with Gasteiger partial charge in [-0.1, -0.05) is 0 Å². The van der Waals surface area contributed by atoms with Crippen LogP contribution >= 0.6 is 0 Å². The summed E-state index contributed by atoms with van der Waals surface area (Å²) in [5.74, 6) is 0.542. The van der Waals surface area contributed by atoms with E-state index in [0.29, 0.717) is 17.7 Å². The Labute approximate surface area is 128 Å². The van der Waals surface area contributed by atoms with Crippen molar-refractivity contribution in [1.29, 1.82) is 5.26 Å². The second-order valence-corrected chi connectivity index (χ2v) is 5.43. The zero-order valence-corrected chi connectivity index (χ0v) is 12.3. The minimum absolute atomic E-state index is 0.0785. The van der Waals surface area contributed by atoms with Crippen LogP contribution in [0, 0.1) is 17.1 Å². The van der Waals surface area contributed by atoms with Crippen LogP contribution in [0.15, 0.2) is 30.6 Å². The maximum absolute atomic E-state index is 13.5. The number of nitrogens with one attached hydrogen (secondary N) is 1. The zero-order valence-electron chi connectivity index (χ0n) is 12.3. The molecule has 1 aromatic carbocycles. The zero-order chi connectivity index (χ0) is 15.5. The minimum Gasteiger partial charge on any atom is -0.380 e. The predicted molar refractivity (Wildman–Crippen MR) is 78.3 cm³/mol. The average Bonchev–Trinajstić information content (AvgIpc) is 3.16. The van der Waals surface area contributed by atoms with E-state index in [4.69, 9.17) is 4.74 Å². The fourth-order valence-electron chi connectivity index (χ4n) is 2.97. The van der Waals surface area contributed by atoms with Gasteiger partial charge in [0.05, 0.1) is 23.8 Å². The van der Waals surface area contributed by atoms with Gasteiger partial charge in [0.2, 0.25) is 0 Å². The molecule has 1 N–H and O–H groups in total. The third-order valence-electron chi connectivity index (χ3n) is 4.09. The molecule has 1 saturated heterocycles. The van der Waals surface area contributed by atoms with Gasteiger partial charge in [0.1, 0.15) is 11.6 Å². The summed E-state index contributed by atoms with van der Waals surface area (Å²) < 4.78 is 19.0. The average molecular weight is 300 g/mol. The van der Waals surface area contributed by atoms with E-state index in [0.717, 1.165) is 18.8 Å². The van der Waals surface area contributed by atoms with Crippen LogP contribution in [0.25, 0.3) is 0 Å². The summed E-state index contributed by atoms with van der Waals surface area (Å²) in [5, 5.41) is 9.20. The Morgan fingerprint density at radius 1 is 1.55 bits per heavy atom. The van der Waals surface area contributed by atoms with Gasteiger partial charge in [-0.25, -0.2) is 9.37 Å². The van der Waals surface area contributed by atoms with Gasteiger partial charge in [-0.15, -0.1) is 0 Å². The number of hydrogen-bond acceptors (Lipinski definition) is 4. The molecule has 2 heterocycles. The molecule has 0 aliphatic carbocycles. The lowest BCUT2D eigenvalue weighted by molar-refractivity contribution is 0.107. The SMILES string of the molecule is CO[C@@H]1CC(c2ncc[nH]2)N(Cc2cc(F)ccc2C#N)C1. The lowest BCUT2D eigenvalue weighted by atomic mass is 10.1. The Hall–Kier alpha value is -2.23. The van der Waals surface area contributed by atoms with Crippen LogP contribution in [-0.4, -0.2) is 34.6 Å². The van der Waals surface area contributed by atoms with E-state index < -0.39 is 0 Å². The van der Waals surface area contributed by atoms with Crippen molar-refractivity contribution in [3.8, 4) is 6.07 Å². The van der Waals surface area contributed by atoms with Crippen molar-refractivity contribution >= 4 is 0 Å².